The van der Waals surface area contributed by atoms with E-state index in [1.807, 2.05) is 0 Å². The van der Waals surface area contributed by atoms with Gasteiger partial charge in [0, 0.05) is 12.6 Å². The van der Waals surface area contributed by atoms with Crippen molar-refractivity contribution in [2.24, 2.45) is 5.73 Å². The van der Waals surface area contributed by atoms with Gasteiger partial charge in [0.1, 0.15) is 11.6 Å². The molecular formula is C14H14FN3O3. The van der Waals surface area contributed by atoms with Crippen LogP contribution in [0.15, 0.2) is 34.7 Å². The van der Waals surface area contributed by atoms with Gasteiger partial charge in [0.25, 0.3) is 5.91 Å². The van der Waals surface area contributed by atoms with Crippen LogP contribution in [0.5, 0.6) is 0 Å². The van der Waals surface area contributed by atoms with Crippen LogP contribution in [0.2, 0.25) is 0 Å². The molecule has 1 aromatic heterocycles. The average Bonchev–Trinajstić information content (AvgIpc) is 2.91. The Kier molecular flexibility index (Phi) is 4.34. The molecule has 2 aromatic rings. The largest absolute Gasteiger partial charge is 0.455 e. The van der Waals surface area contributed by atoms with Crippen molar-refractivity contribution in [2.75, 3.05) is 10.6 Å². The van der Waals surface area contributed by atoms with Crippen LogP contribution < -0.4 is 16.4 Å². The summed E-state index contributed by atoms with van der Waals surface area (Å²) in [4.78, 5) is 22.9. The molecule has 0 bridgehead atoms. The zero-order valence-corrected chi connectivity index (χ0v) is 11.3. The van der Waals surface area contributed by atoms with Gasteiger partial charge in [-0.25, -0.2) is 4.39 Å². The lowest BCUT2D eigenvalue weighted by molar-refractivity contribution is -0.114. The number of halogens is 1. The van der Waals surface area contributed by atoms with Crippen molar-refractivity contribution in [3.8, 4) is 0 Å². The highest BCUT2D eigenvalue weighted by Crippen LogP contribution is 2.20. The number of carbonyl (C=O) groups is 2. The Balaban J connectivity index is 2.15. The SMILES string of the molecule is CC(=O)Nc1cc(NC(=O)c2ccc(CN)o2)ccc1F. The van der Waals surface area contributed by atoms with E-state index < -0.39 is 17.6 Å². The molecule has 7 heteroatoms. The lowest BCUT2D eigenvalue weighted by atomic mass is 10.2. The van der Waals surface area contributed by atoms with E-state index in [1.54, 1.807) is 6.07 Å². The molecule has 1 heterocycles. The summed E-state index contributed by atoms with van der Waals surface area (Å²) in [6.45, 7) is 1.46. The van der Waals surface area contributed by atoms with E-state index in [-0.39, 0.29) is 18.0 Å². The van der Waals surface area contributed by atoms with Gasteiger partial charge >= 0.3 is 0 Å². The number of furan rings is 1. The fraction of sp³-hybridized carbons (Fsp3) is 0.143. The molecule has 4 N–H and O–H groups in total. The zero-order valence-electron chi connectivity index (χ0n) is 11.3. The van der Waals surface area contributed by atoms with Crippen molar-refractivity contribution in [2.45, 2.75) is 13.5 Å². The molecule has 0 aliphatic rings. The summed E-state index contributed by atoms with van der Waals surface area (Å²) in [5.41, 5.74) is 5.71. The lowest BCUT2D eigenvalue weighted by Crippen LogP contribution is -2.12. The monoisotopic (exact) mass is 291 g/mol. The Morgan fingerprint density at radius 1 is 1.24 bits per heavy atom. The van der Waals surface area contributed by atoms with Crippen LogP contribution in [0, 0.1) is 5.82 Å². The summed E-state index contributed by atoms with van der Waals surface area (Å²) in [6.07, 6.45) is 0. The number of rotatable bonds is 4. The van der Waals surface area contributed by atoms with E-state index in [1.165, 1.54) is 25.1 Å². The number of hydrogen-bond donors (Lipinski definition) is 3. The molecule has 21 heavy (non-hydrogen) atoms. The molecule has 0 atom stereocenters. The first kappa shape index (κ1) is 14.7. The van der Waals surface area contributed by atoms with Crippen molar-refractivity contribution in [1.82, 2.24) is 0 Å². The van der Waals surface area contributed by atoms with Crippen molar-refractivity contribution in [3.05, 3.63) is 47.7 Å². The number of carbonyl (C=O) groups excluding carboxylic acids is 2. The highest BCUT2D eigenvalue weighted by molar-refractivity contribution is 6.02. The van der Waals surface area contributed by atoms with E-state index in [4.69, 9.17) is 10.2 Å². The number of nitrogens with two attached hydrogens (primary N) is 1. The van der Waals surface area contributed by atoms with Crippen molar-refractivity contribution in [1.29, 1.82) is 0 Å². The maximum absolute atomic E-state index is 13.5. The number of amides is 2. The maximum atomic E-state index is 13.5. The second kappa shape index (κ2) is 6.19. The molecule has 0 saturated heterocycles. The van der Waals surface area contributed by atoms with Crippen LogP contribution in [0.4, 0.5) is 15.8 Å². The van der Waals surface area contributed by atoms with E-state index in [0.29, 0.717) is 11.4 Å². The number of benzene rings is 1. The predicted octanol–water partition coefficient (Wildman–Crippen LogP) is 2.09. The predicted molar refractivity (Wildman–Crippen MR) is 75.3 cm³/mol. The van der Waals surface area contributed by atoms with Gasteiger partial charge in [0.05, 0.1) is 12.2 Å². The average molecular weight is 291 g/mol. The molecule has 0 spiro atoms. The number of hydrogen-bond acceptors (Lipinski definition) is 4. The van der Waals surface area contributed by atoms with Crippen molar-refractivity contribution < 1.29 is 18.4 Å². The molecule has 110 valence electrons. The first-order valence-corrected chi connectivity index (χ1v) is 6.17. The van der Waals surface area contributed by atoms with Gasteiger partial charge in [-0.1, -0.05) is 0 Å². The van der Waals surface area contributed by atoms with Gasteiger partial charge in [-0.3, -0.25) is 9.59 Å². The molecule has 0 radical (unpaired) electrons. The van der Waals surface area contributed by atoms with E-state index in [0.717, 1.165) is 6.07 Å². The summed E-state index contributed by atoms with van der Waals surface area (Å²) in [5, 5.41) is 4.88. The quantitative estimate of drug-likeness (QED) is 0.803. The fourth-order valence-corrected chi connectivity index (χ4v) is 1.69. The second-order valence-electron chi connectivity index (χ2n) is 4.30. The van der Waals surface area contributed by atoms with Crippen LogP contribution in [-0.4, -0.2) is 11.8 Å². The van der Waals surface area contributed by atoms with E-state index in [9.17, 15) is 14.0 Å². The molecule has 0 saturated carbocycles. The smallest absolute Gasteiger partial charge is 0.291 e. The molecule has 0 aliphatic carbocycles. The minimum atomic E-state index is -0.591. The van der Waals surface area contributed by atoms with Crippen LogP contribution in [0.25, 0.3) is 0 Å². The van der Waals surface area contributed by atoms with Gasteiger partial charge in [-0.15, -0.1) is 0 Å². The van der Waals surface area contributed by atoms with Crippen molar-refractivity contribution >= 4 is 23.2 Å². The Morgan fingerprint density at radius 2 is 2.00 bits per heavy atom. The summed E-state index contributed by atoms with van der Waals surface area (Å²) in [5.74, 6) is -0.906. The van der Waals surface area contributed by atoms with Crippen LogP contribution in [0.3, 0.4) is 0 Å². The highest BCUT2D eigenvalue weighted by atomic mass is 19.1. The highest BCUT2D eigenvalue weighted by Gasteiger charge is 2.12. The molecule has 2 rings (SSSR count). The molecule has 0 aliphatic heterocycles. The van der Waals surface area contributed by atoms with Crippen LogP contribution >= 0.6 is 0 Å². The number of anilines is 2. The minimum Gasteiger partial charge on any atom is -0.455 e. The third-order valence-electron chi connectivity index (χ3n) is 2.62. The topological polar surface area (TPSA) is 97.4 Å². The van der Waals surface area contributed by atoms with Gasteiger partial charge in [-0.05, 0) is 30.3 Å². The molecule has 0 fully saturated rings. The Bertz CT molecular complexity index is 682. The molecule has 2 amide bonds. The van der Waals surface area contributed by atoms with Gasteiger partial charge in [0.2, 0.25) is 5.91 Å². The Labute approximate surface area is 120 Å². The third-order valence-corrected chi connectivity index (χ3v) is 2.62. The summed E-state index contributed by atoms with van der Waals surface area (Å²) < 4.78 is 18.7. The molecule has 0 unspecified atom stereocenters. The van der Waals surface area contributed by atoms with E-state index in [2.05, 4.69) is 10.6 Å². The number of nitrogens with one attached hydrogen (secondary N) is 2. The van der Waals surface area contributed by atoms with E-state index >= 15 is 0 Å². The fourth-order valence-electron chi connectivity index (χ4n) is 1.69. The summed E-state index contributed by atoms with van der Waals surface area (Å²) in [6, 6.07) is 6.94. The molecule has 1 aromatic carbocycles. The zero-order chi connectivity index (χ0) is 15.4. The third kappa shape index (κ3) is 3.67. The van der Waals surface area contributed by atoms with Gasteiger partial charge in [0.15, 0.2) is 5.76 Å². The maximum Gasteiger partial charge on any atom is 0.291 e. The van der Waals surface area contributed by atoms with Gasteiger partial charge in [-0.2, -0.15) is 0 Å². The Hall–Kier alpha value is -2.67. The van der Waals surface area contributed by atoms with Gasteiger partial charge < -0.3 is 20.8 Å². The molecular weight excluding hydrogens is 277 g/mol. The Morgan fingerprint density at radius 3 is 2.62 bits per heavy atom. The standard InChI is InChI=1S/C14H14FN3O3/c1-8(19)17-12-6-9(2-4-11(12)15)18-14(20)13-5-3-10(7-16)21-13/h2-6H,7,16H2,1H3,(H,17,19)(H,18,20). The second-order valence-corrected chi connectivity index (χ2v) is 4.30. The minimum absolute atomic E-state index is 0.0117. The van der Waals surface area contributed by atoms with Crippen LogP contribution in [0.1, 0.15) is 23.2 Å². The molecule has 6 nitrogen and oxygen atoms in total. The lowest BCUT2D eigenvalue weighted by Gasteiger charge is -2.08. The van der Waals surface area contributed by atoms with Crippen LogP contribution in [-0.2, 0) is 11.3 Å². The summed E-state index contributed by atoms with van der Waals surface area (Å²) >= 11 is 0. The summed E-state index contributed by atoms with van der Waals surface area (Å²) in [7, 11) is 0. The first-order chi connectivity index (χ1) is 9.99. The first-order valence-electron chi connectivity index (χ1n) is 6.17. The van der Waals surface area contributed by atoms with Crippen molar-refractivity contribution in [3.63, 3.8) is 0 Å². The normalized spacial score (nSPS) is 10.2.